The number of carbonyl (C=O) groups is 3. The molecule has 1 saturated heterocycles. The highest BCUT2D eigenvalue weighted by Crippen LogP contribution is 2.36. The SMILES string of the molecule is COC(=O)c1ccc(F)c(-c2ccc(N3CCN(C)CC3)c(NC(=O)C3C=NC(=O)C=C3C(F)(F)F)c2)c1. The van der Waals surface area contributed by atoms with Gasteiger partial charge in [-0.15, -0.1) is 0 Å². The summed E-state index contributed by atoms with van der Waals surface area (Å²) in [6.07, 6.45) is -3.96. The number of rotatable bonds is 5. The zero-order chi connectivity index (χ0) is 27.6. The standard InChI is InChI=1S/C26H24F4N4O4/c1-33-7-9-34(10-8-33)22-6-4-15(17-11-16(25(37)38-2)3-5-20(17)27)12-21(22)32-24(36)18-14-31-23(35)13-19(18)26(28,29)30/h3-6,11-14,18H,7-10H2,1-2H3,(H,32,36). The number of hydrogen-bond donors (Lipinski definition) is 1. The minimum atomic E-state index is -4.93. The Hall–Kier alpha value is -4.06. The van der Waals surface area contributed by atoms with Crippen molar-refractivity contribution < 1.29 is 36.7 Å². The van der Waals surface area contributed by atoms with E-state index in [1.165, 1.54) is 25.3 Å². The fourth-order valence-corrected chi connectivity index (χ4v) is 4.28. The van der Waals surface area contributed by atoms with Crippen LogP contribution >= 0.6 is 0 Å². The van der Waals surface area contributed by atoms with Gasteiger partial charge in [0.05, 0.1) is 29.6 Å². The summed E-state index contributed by atoms with van der Waals surface area (Å²) in [5.74, 6) is -5.34. The van der Waals surface area contributed by atoms with Gasteiger partial charge < -0.3 is 19.9 Å². The van der Waals surface area contributed by atoms with Crippen LogP contribution in [0, 0.1) is 11.7 Å². The smallest absolute Gasteiger partial charge is 0.414 e. The lowest BCUT2D eigenvalue weighted by atomic mass is 9.95. The third kappa shape index (κ3) is 5.75. The average molecular weight is 532 g/mol. The molecule has 0 spiro atoms. The summed E-state index contributed by atoms with van der Waals surface area (Å²) in [5, 5.41) is 2.53. The second-order valence-electron chi connectivity index (χ2n) is 8.89. The monoisotopic (exact) mass is 532 g/mol. The molecule has 1 fully saturated rings. The molecule has 0 aromatic heterocycles. The van der Waals surface area contributed by atoms with Crippen LogP contribution in [0.25, 0.3) is 11.1 Å². The molecule has 0 bridgehead atoms. The van der Waals surface area contributed by atoms with E-state index >= 15 is 0 Å². The number of alkyl halides is 3. The van der Waals surface area contributed by atoms with Gasteiger partial charge in [0.2, 0.25) is 5.91 Å². The van der Waals surface area contributed by atoms with Crippen molar-refractivity contribution in [3.8, 4) is 11.1 Å². The number of ether oxygens (including phenoxy) is 1. The molecule has 4 rings (SSSR count). The first-order chi connectivity index (χ1) is 18.0. The van der Waals surface area contributed by atoms with Gasteiger partial charge in [-0.05, 0) is 42.9 Å². The Balaban J connectivity index is 1.75. The lowest BCUT2D eigenvalue weighted by molar-refractivity contribution is -0.124. The summed E-state index contributed by atoms with van der Waals surface area (Å²) in [6, 6.07) is 8.34. The maximum absolute atomic E-state index is 14.8. The number of likely N-dealkylation sites (N-methyl/N-ethyl adjacent to an activating group) is 1. The van der Waals surface area contributed by atoms with Gasteiger partial charge in [0.15, 0.2) is 0 Å². The maximum atomic E-state index is 14.8. The molecule has 1 atom stereocenters. The number of aliphatic imine (C=N–C) groups is 1. The summed E-state index contributed by atoms with van der Waals surface area (Å²) in [4.78, 5) is 44.0. The molecule has 8 nitrogen and oxygen atoms in total. The molecule has 0 aliphatic carbocycles. The number of carbonyl (C=O) groups excluding carboxylic acids is 3. The van der Waals surface area contributed by atoms with E-state index in [0.717, 1.165) is 6.07 Å². The van der Waals surface area contributed by atoms with E-state index in [-0.39, 0.29) is 22.4 Å². The number of halogens is 4. The van der Waals surface area contributed by atoms with Crippen LogP contribution in [0.2, 0.25) is 0 Å². The minimum Gasteiger partial charge on any atom is -0.465 e. The predicted octanol–water partition coefficient (Wildman–Crippen LogP) is 3.69. The molecule has 2 aromatic rings. The molecule has 0 radical (unpaired) electrons. The summed E-state index contributed by atoms with van der Waals surface area (Å²) in [6.45, 7) is 2.59. The molecular weight excluding hydrogens is 508 g/mol. The van der Waals surface area contributed by atoms with Crippen molar-refractivity contribution in [3.63, 3.8) is 0 Å². The molecule has 2 aliphatic heterocycles. The molecule has 1 unspecified atom stereocenters. The molecule has 0 saturated carbocycles. The molecule has 2 aromatic carbocycles. The molecule has 2 amide bonds. The van der Waals surface area contributed by atoms with Crippen LogP contribution in [0.15, 0.2) is 53.0 Å². The van der Waals surface area contributed by atoms with Gasteiger partial charge in [-0.1, -0.05) is 6.07 Å². The Morgan fingerprint density at radius 3 is 2.45 bits per heavy atom. The maximum Gasteiger partial charge on any atom is 0.414 e. The fourth-order valence-electron chi connectivity index (χ4n) is 4.28. The van der Waals surface area contributed by atoms with Crippen LogP contribution in [-0.4, -0.2) is 75.4 Å². The van der Waals surface area contributed by atoms with Crippen LogP contribution in [0.4, 0.5) is 28.9 Å². The molecule has 2 heterocycles. The van der Waals surface area contributed by atoms with Crippen molar-refractivity contribution in [2.75, 3.05) is 50.6 Å². The van der Waals surface area contributed by atoms with E-state index in [1.54, 1.807) is 12.1 Å². The number of benzene rings is 2. The number of dihydropyridines is 1. The molecule has 2 aliphatic rings. The number of piperazine rings is 1. The van der Waals surface area contributed by atoms with Gasteiger partial charge in [-0.3, -0.25) is 9.59 Å². The molecule has 38 heavy (non-hydrogen) atoms. The Labute approximate surface area is 215 Å². The Kier molecular flexibility index (Phi) is 7.63. The molecule has 1 N–H and O–H groups in total. The average Bonchev–Trinajstić information content (AvgIpc) is 2.88. The van der Waals surface area contributed by atoms with E-state index < -0.39 is 41.3 Å². The highest BCUT2D eigenvalue weighted by atomic mass is 19.4. The van der Waals surface area contributed by atoms with E-state index in [4.69, 9.17) is 4.74 Å². The Morgan fingerprint density at radius 1 is 1.08 bits per heavy atom. The van der Waals surface area contributed by atoms with Crippen molar-refractivity contribution in [1.29, 1.82) is 0 Å². The number of hydrogen-bond acceptors (Lipinski definition) is 6. The first-order valence-corrected chi connectivity index (χ1v) is 11.6. The van der Waals surface area contributed by atoms with Crippen molar-refractivity contribution in [3.05, 3.63) is 59.4 Å². The highest BCUT2D eigenvalue weighted by Gasteiger charge is 2.43. The first kappa shape index (κ1) is 27.0. The normalized spacial score (nSPS) is 18.3. The van der Waals surface area contributed by atoms with Crippen molar-refractivity contribution in [2.45, 2.75) is 6.18 Å². The molecular formula is C26H24F4N4O4. The number of nitrogens with zero attached hydrogens (tertiary/aromatic N) is 3. The molecule has 12 heteroatoms. The predicted molar refractivity (Wildman–Crippen MR) is 133 cm³/mol. The number of nitrogens with one attached hydrogen (secondary N) is 1. The minimum absolute atomic E-state index is 0.0361. The van der Waals surface area contributed by atoms with Gasteiger partial charge >= 0.3 is 12.1 Å². The van der Waals surface area contributed by atoms with Gasteiger partial charge in [-0.2, -0.15) is 13.2 Å². The summed E-state index contributed by atoms with van der Waals surface area (Å²) < 4.78 is 60.2. The molecule has 200 valence electrons. The van der Waals surface area contributed by atoms with Crippen molar-refractivity contribution >= 4 is 35.4 Å². The Bertz CT molecular complexity index is 1330. The number of amides is 2. The number of anilines is 2. The summed E-state index contributed by atoms with van der Waals surface area (Å²) in [7, 11) is 3.14. The topological polar surface area (TPSA) is 91.3 Å². The van der Waals surface area contributed by atoms with Gasteiger partial charge in [0.25, 0.3) is 5.91 Å². The lowest BCUT2D eigenvalue weighted by Gasteiger charge is -2.35. The van der Waals surface area contributed by atoms with Crippen LogP contribution in [0.1, 0.15) is 10.4 Å². The second-order valence-corrected chi connectivity index (χ2v) is 8.89. The largest absolute Gasteiger partial charge is 0.465 e. The summed E-state index contributed by atoms with van der Waals surface area (Å²) >= 11 is 0. The van der Waals surface area contributed by atoms with Crippen LogP contribution in [-0.2, 0) is 14.3 Å². The van der Waals surface area contributed by atoms with Crippen molar-refractivity contribution in [1.82, 2.24) is 4.90 Å². The van der Waals surface area contributed by atoms with Gasteiger partial charge in [0, 0.05) is 44.0 Å². The van der Waals surface area contributed by atoms with Crippen LogP contribution in [0.3, 0.4) is 0 Å². The van der Waals surface area contributed by atoms with Crippen LogP contribution < -0.4 is 10.2 Å². The van der Waals surface area contributed by atoms with E-state index in [0.29, 0.717) is 44.2 Å². The second kappa shape index (κ2) is 10.7. The van der Waals surface area contributed by atoms with Crippen LogP contribution in [0.5, 0.6) is 0 Å². The lowest BCUT2D eigenvalue weighted by Crippen LogP contribution is -2.44. The van der Waals surface area contributed by atoms with E-state index in [1.807, 2.05) is 11.9 Å². The van der Waals surface area contributed by atoms with E-state index in [2.05, 4.69) is 15.2 Å². The number of esters is 1. The van der Waals surface area contributed by atoms with Gasteiger partial charge in [-0.25, -0.2) is 14.2 Å². The van der Waals surface area contributed by atoms with Gasteiger partial charge in [0.1, 0.15) is 11.7 Å². The summed E-state index contributed by atoms with van der Waals surface area (Å²) in [5.41, 5.74) is -0.243. The third-order valence-corrected chi connectivity index (χ3v) is 6.37. The highest BCUT2D eigenvalue weighted by molar-refractivity contribution is 6.11. The first-order valence-electron chi connectivity index (χ1n) is 11.6. The quantitative estimate of drug-likeness (QED) is 0.467. The number of methoxy groups -OCH3 is 1. The third-order valence-electron chi connectivity index (χ3n) is 6.37. The van der Waals surface area contributed by atoms with Crippen molar-refractivity contribution in [2.24, 2.45) is 10.9 Å². The zero-order valence-corrected chi connectivity index (χ0v) is 20.5. The zero-order valence-electron chi connectivity index (χ0n) is 20.5. The van der Waals surface area contributed by atoms with E-state index in [9.17, 15) is 31.9 Å². The Morgan fingerprint density at radius 2 is 1.79 bits per heavy atom. The fraction of sp³-hybridized carbons (Fsp3) is 0.308.